The van der Waals surface area contributed by atoms with Gasteiger partial charge >= 0.3 is 17.9 Å². The number of carboxylic acid groups (broad SMARTS) is 2. The first kappa shape index (κ1) is 44.5. The summed E-state index contributed by atoms with van der Waals surface area (Å²) in [6, 6.07) is 9.29. The molecule has 0 aliphatic rings. The number of rotatable bonds is 23. The summed E-state index contributed by atoms with van der Waals surface area (Å²) in [5.74, 6) is -5.89. The minimum atomic E-state index is -1.67. The van der Waals surface area contributed by atoms with E-state index in [1.54, 1.807) is 26.0 Å². The highest BCUT2D eigenvalue weighted by molar-refractivity contribution is 9.10. The van der Waals surface area contributed by atoms with Crippen molar-refractivity contribution in [1.82, 2.24) is 21.0 Å². The summed E-state index contributed by atoms with van der Waals surface area (Å²) in [6.07, 6.45) is 2.51. The van der Waals surface area contributed by atoms with Gasteiger partial charge in [-0.25, -0.2) is 9.59 Å². The van der Waals surface area contributed by atoms with Crippen LogP contribution in [0.4, 0.5) is 0 Å². The molecule has 0 bridgehead atoms. The second kappa shape index (κ2) is 21.8. The monoisotopic (exact) mass is 844 g/mol. The molecule has 3 rings (SSSR count). The fourth-order valence-corrected chi connectivity index (χ4v) is 6.17. The molecule has 0 saturated carbocycles. The standard InChI is InChI=1S/C38H45BrN4O13/c1-5-8-9-10-25(29(6-2)43(21-44)56-38(52)24-14-12-23(53-4)18-27(24)39)34(47)40-20-41-36(49)31-16-15-30(55-31)22-11-13-26(32(17-22)54-7-3)35(48)42-28(37(50)51)19-33(45)46/h11-18,21,25,28-29H,5-10,19-20H2,1-4H3,(H,40,47)(H,41,49)(H,42,48)(H,45,46)(H,50,51)/t25-,28+,29-/m1/s1. The van der Waals surface area contributed by atoms with Crippen LogP contribution in [0.2, 0.25) is 0 Å². The molecule has 17 nitrogen and oxygen atoms in total. The van der Waals surface area contributed by atoms with Crippen LogP contribution in [0.15, 0.2) is 57.4 Å². The first-order chi connectivity index (χ1) is 26.8. The van der Waals surface area contributed by atoms with Crippen LogP contribution in [0.3, 0.4) is 0 Å². The summed E-state index contributed by atoms with van der Waals surface area (Å²) in [7, 11) is 1.48. The van der Waals surface area contributed by atoms with Gasteiger partial charge in [-0.15, -0.1) is 0 Å². The third-order valence-electron chi connectivity index (χ3n) is 8.49. The van der Waals surface area contributed by atoms with Crippen molar-refractivity contribution >= 4 is 58.0 Å². The Morgan fingerprint density at radius 3 is 2.27 bits per heavy atom. The van der Waals surface area contributed by atoms with Crippen molar-refractivity contribution < 1.29 is 62.5 Å². The van der Waals surface area contributed by atoms with Crippen LogP contribution in [0.25, 0.3) is 11.3 Å². The molecule has 0 radical (unpaired) electrons. The Labute approximate surface area is 331 Å². The Bertz CT molecular complexity index is 1880. The molecular weight excluding hydrogens is 800 g/mol. The second-order valence-electron chi connectivity index (χ2n) is 12.3. The highest BCUT2D eigenvalue weighted by atomic mass is 79.9. The van der Waals surface area contributed by atoms with Gasteiger partial charge in [-0.2, -0.15) is 5.06 Å². The molecule has 0 aliphatic carbocycles. The number of aliphatic carboxylic acids is 2. The van der Waals surface area contributed by atoms with Gasteiger partial charge in [-0.3, -0.25) is 24.0 Å². The fourth-order valence-electron chi connectivity index (χ4n) is 5.65. The van der Waals surface area contributed by atoms with Crippen molar-refractivity contribution in [3.05, 3.63) is 69.9 Å². The maximum Gasteiger partial charge on any atom is 0.364 e. The Kier molecular flexibility index (Phi) is 17.4. The van der Waals surface area contributed by atoms with E-state index in [1.165, 1.54) is 43.5 Å². The predicted octanol–water partition coefficient (Wildman–Crippen LogP) is 4.78. The van der Waals surface area contributed by atoms with Gasteiger partial charge < -0.3 is 44.9 Å². The van der Waals surface area contributed by atoms with Gasteiger partial charge in [-0.05, 0) is 78.2 Å². The summed E-state index contributed by atoms with van der Waals surface area (Å²) in [4.78, 5) is 92.7. The van der Waals surface area contributed by atoms with E-state index in [2.05, 4.69) is 31.9 Å². The molecule has 302 valence electrons. The van der Waals surface area contributed by atoms with Crippen LogP contribution in [-0.4, -0.2) is 89.8 Å². The van der Waals surface area contributed by atoms with Gasteiger partial charge in [0.2, 0.25) is 12.3 Å². The zero-order valence-corrected chi connectivity index (χ0v) is 32.9. The fraction of sp³-hybridized carbons (Fsp3) is 0.395. The van der Waals surface area contributed by atoms with E-state index in [0.29, 0.717) is 35.0 Å². The molecule has 3 aromatic rings. The van der Waals surface area contributed by atoms with E-state index in [0.717, 1.165) is 17.9 Å². The number of unbranched alkanes of at least 4 members (excludes halogenated alkanes) is 2. The lowest BCUT2D eigenvalue weighted by Gasteiger charge is -2.32. The molecule has 1 heterocycles. The first-order valence-electron chi connectivity index (χ1n) is 17.8. The molecule has 18 heteroatoms. The SMILES string of the molecule is CCCCC[C@@H](C(=O)NCNC(=O)c1ccc(-c2ccc(C(=O)N[C@@H](CC(=O)O)C(=O)O)c(OCC)c2)o1)[C@@H](CC)N(C=O)OC(=O)c1ccc(OC)cc1Br. The number of furan rings is 1. The summed E-state index contributed by atoms with van der Waals surface area (Å²) in [5, 5.41) is 26.6. The molecule has 2 aromatic carbocycles. The molecular formula is C38H45BrN4O13. The number of nitrogens with zero attached hydrogens (tertiary/aromatic N) is 1. The van der Waals surface area contributed by atoms with Crippen LogP contribution in [0, 0.1) is 5.92 Å². The van der Waals surface area contributed by atoms with Crippen molar-refractivity contribution in [2.45, 2.75) is 71.4 Å². The number of hydrogen-bond acceptors (Lipinski definition) is 11. The molecule has 1 aromatic heterocycles. The van der Waals surface area contributed by atoms with Gasteiger partial charge in [0.25, 0.3) is 11.8 Å². The zero-order valence-electron chi connectivity index (χ0n) is 31.3. The summed E-state index contributed by atoms with van der Waals surface area (Å²) in [6.45, 7) is 5.26. The van der Waals surface area contributed by atoms with Crippen molar-refractivity contribution in [2.75, 3.05) is 20.4 Å². The molecule has 0 saturated heterocycles. The van der Waals surface area contributed by atoms with Crippen LogP contribution in [0.1, 0.15) is 90.6 Å². The Hall–Kier alpha value is -5.91. The highest BCUT2D eigenvalue weighted by Gasteiger charge is 2.34. The smallest absolute Gasteiger partial charge is 0.364 e. The number of hydrogen-bond donors (Lipinski definition) is 5. The normalized spacial score (nSPS) is 12.3. The van der Waals surface area contributed by atoms with Crippen molar-refractivity contribution in [2.24, 2.45) is 5.92 Å². The predicted molar refractivity (Wildman–Crippen MR) is 203 cm³/mol. The molecule has 0 spiro atoms. The minimum absolute atomic E-state index is 0.0504. The van der Waals surface area contributed by atoms with E-state index in [-0.39, 0.29) is 48.1 Å². The molecule has 56 heavy (non-hydrogen) atoms. The van der Waals surface area contributed by atoms with Crippen LogP contribution in [-0.2, 0) is 24.0 Å². The molecule has 0 aliphatic heterocycles. The van der Waals surface area contributed by atoms with Gasteiger partial charge in [0.1, 0.15) is 23.3 Å². The average molecular weight is 846 g/mol. The van der Waals surface area contributed by atoms with E-state index in [9.17, 15) is 38.7 Å². The third-order valence-corrected chi connectivity index (χ3v) is 9.14. The van der Waals surface area contributed by atoms with E-state index in [4.69, 9.17) is 23.8 Å². The van der Waals surface area contributed by atoms with Crippen molar-refractivity contribution in [3.8, 4) is 22.8 Å². The molecule has 4 amide bonds. The maximum absolute atomic E-state index is 13.6. The number of methoxy groups -OCH3 is 1. The van der Waals surface area contributed by atoms with Gasteiger partial charge in [-0.1, -0.05) is 39.2 Å². The molecule has 3 atom stereocenters. The van der Waals surface area contributed by atoms with Crippen LogP contribution < -0.4 is 25.4 Å². The zero-order chi connectivity index (χ0) is 41.4. The van der Waals surface area contributed by atoms with Crippen LogP contribution >= 0.6 is 15.9 Å². The number of nitrogens with one attached hydrogen (secondary N) is 3. The highest BCUT2D eigenvalue weighted by Crippen LogP contribution is 2.30. The lowest BCUT2D eigenvalue weighted by atomic mass is 9.90. The molecule has 0 unspecified atom stereocenters. The van der Waals surface area contributed by atoms with Crippen molar-refractivity contribution in [3.63, 3.8) is 0 Å². The third kappa shape index (κ3) is 12.3. The second-order valence-corrected chi connectivity index (χ2v) is 13.1. The number of ether oxygens (including phenoxy) is 2. The lowest BCUT2D eigenvalue weighted by Crippen LogP contribution is -2.49. The van der Waals surface area contributed by atoms with E-state index in [1.807, 2.05) is 6.92 Å². The molecule has 0 fully saturated rings. The minimum Gasteiger partial charge on any atom is -0.497 e. The molecule has 5 N–H and O–H groups in total. The van der Waals surface area contributed by atoms with Gasteiger partial charge in [0.05, 0.1) is 49.9 Å². The Balaban J connectivity index is 1.70. The van der Waals surface area contributed by atoms with Gasteiger partial charge in [0, 0.05) is 10.0 Å². The topological polar surface area (TPSA) is 240 Å². The number of hydroxylamine groups is 2. The van der Waals surface area contributed by atoms with Crippen LogP contribution in [0.5, 0.6) is 11.5 Å². The lowest BCUT2D eigenvalue weighted by molar-refractivity contribution is -0.171. The van der Waals surface area contributed by atoms with Crippen molar-refractivity contribution in [1.29, 1.82) is 0 Å². The summed E-state index contributed by atoms with van der Waals surface area (Å²) in [5.41, 5.74) is 0.492. The number of halogens is 1. The Morgan fingerprint density at radius 1 is 0.929 bits per heavy atom. The summed E-state index contributed by atoms with van der Waals surface area (Å²) < 4.78 is 16.9. The summed E-state index contributed by atoms with van der Waals surface area (Å²) >= 11 is 3.31. The van der Waals surface area contributed by atoms with E-state index >= 15 is 0 Å². The number of carbonyl (C=O) groups is 7. The Morgan fingerprint density at radius 2 is 1.66 bits per heavy atom. The van der Waals surface area contributed by atoms with Gasteiger partial charge in [0.15, 0.2) is 5.76 Å². The quantitative estimate of drug-likeness (QED) is 0.0374. The number of carbonyl (C=O) groups excluding carboxylic acids is 5. The maximum atomic E-state index is 13.6. The van der Waals surface area contributed by atoms with E-state index < -0.39 is 60.1 Å². The first-order valence-corrected chi connectivity index (χ1v) is 18.5. The number of amides is 4. The number of benzene rings is 2. The number of carboxylic acids is 2. The largest absolute Gasteiger partial charge is 0.497 e. The average Bonchev–Trinajstić information content (AvgIpc) is 3.67.